The number of phenolic OH excluding ortho intramolecular Hbond substituents is 1. The van der Waals surface area contributed by atoms with Crippen molar-refractivity contribution in [2.45, 2.75) is 25.8 Å². The van der Waals surface area contributed by atoms with Crippen LogP contribution in [-0.2, 0) is 0 Å². The highest BCUT2D eigenvalue weighted by atomic mass is 16.3. The molecule has 5 heteroatoms. The molecule has 1 unspecified atom stereocenters. The fourth-order valence-electron chi connectivity index (χ4n) is 3.66. The van der Waals surface area contributed by atoms with Gasteiger partial charge in [-0.2, -0.15) is 0 Å². The van der Waals surface area contributed by atoms with Crippen LogP contribution in [0.25, 0.3) is 10.9 Å². The minimum absolute atomic E-state index is 0.0816. The molecule has 0 amide bonds. The molecule has 1 aliphatic rings. The van der Waals surface area contributed by atoms with Crippen molar-refractivity contribution in [2.24, 2.45) is 5.92 Å². The van der Waals surface area contributed by atoms with Crippen LogP contribution in [0.2, 0.25) is 0 Å². The Morgan fingerprint density at radius 2 is 1.92 bits per heavy atom. The fourth-order valence-corrected chi connectivity index (χ4v) is 3.66. The first-order chi connectivity index (χ1) is 12.2. The number of phenols is 1. The topological polar surface area (TPSA) is 62.1 Å². The van der Waals surface area contributed by atoms with Gasteiger partial charge in [0.15, 0.2) is 0 Å². The van der Waals surface area contributed by atoms with Crippen molar-refractivity contribution in [3.05, 3.63) is 60.3 Å². The zero-order valence-electron chi connectivity index (χ0n) is 14.3. The van der Waals surface area contributed by atoms with E-state index in [1.807, 2.05) is 30.3 Å². The van der Waals surface area contributed by atoms with Crippen molar-refractivity contribution in [2.75, 3.05) is 13.1 Å². The smallest absolute Gasteiger partial charge is 0.146 e. The molecule has 0 radical (unpaired) electrons. The quantitative estimate of drug-likeness (QED) is 0.793. The van der Waals surface area contributed by atoms with Crippen LogP contribution < -0.4 is 0 Å². The van der Waals surface area contributed by atoms with Crippen molar-refractivity contribution in [3.63, 3.8) is 0 Å². The van der Waals surface area contributed by atoms with Gasteiger partial charge in [-0.15, -0.1) is 0 Å². The summed E-state index contributed by atoms with van der Waals surface area (Å²) >= 11 is 0. The summed E-state index contributed by atoms with van der Waals surface area (Å²) in [7, 11) is 0. The monoisotopic (exact) mass is 334 g/mol. The number of hydrogen-bond donors (Lipinski definition) is 1. The van der Waals surface area contributed by atoms with Gasteiger partial charge < -0.3 is 5.11 Å². The predicted octanol–water partition coefficient (Wildman–Crippen LogP) is 3.55. The molecule has 5 nitrogen and oxygen atoms in total. The highest BCUT2D eigenvalue weighted by Crippen LogP contribution is 2.38. The molecule has 25 heavy (non-hydrogen) atoms. The summed E-state index contributed by atoms with van der Waals surface area (Å²) in [6.07, 6.45) is 7.37. The molecule has 1 aromatic carbocycles. The first-order valence-electron chi connectivity index (χ1n) is 8.80. The summed E-state index contributed by atoms with van der Waals surface area (Å²) in [6, 6.07) is 9.73. The molecular formula is C20H22N4O. The third kappa shape index (κ3) is 3.07. The Kier molecular flexibility index (Phi) is 4.32. The van der Waals surface area contributed by atoms with E-state index in [1.54, 1.807) is 18.7 Å². The van der Waals surface area contributed by atoms with Crippen LogP contribution in [0.15, 0.2) is 49.1 Å². The minimum Gasteiger partial charge on any atom is -0.505 e. The number of hydrogen-bond acceptors (Lipinski definition) is 5. The maximum atomic E-state index is 10.9. The molecule has 3 heterocycles. The van der Waals surface area contributed by atoms with Gasteiger partial charge in [0.1, 0.15) is 17.6 Å². The lowest BCUT2D eigenvalue weighted by atomic mass is 9.93. The van der Waals surface area contributed by atoms with Crippen LogP contribution in [-0.4, -0.2) is 38.0 Å². The van der Waals surface area contributed by atoms with E-state index in [1.165, 1.54) is 0 Å². The van der Waals surface area contributed by atoms with E-state index in [0.29, 0.717) is 5.52 Å². The predicted molar refractivity (Wildman–Crippen MR) is 97.3 cm³/mol. The molecule has 1 atom stereocenters. The highest BCUT2D eigenvalue weighted by Gasteiger charge is 2.29. The van der Waals surface area contributed by atoms with Crippen LogP contribution in [0.4, 0.5) is 0 Å². The van der Waals surface area contributed by atoms with Gasteiger partial charge in [-0.05, 0) is 44.0 Å². The summed E-state index contributed by atoms with van der Waals surface area (Å²) in [5, 5.41) is 11.9. The average molecular weight is 334 g/mol. The van der Waals surface area contributed by atoms with E-state index in [9.17, 15) is 5.11 Å². The Morgan fingerprint density at radius 3 is 2.68 bits per heavy atom. The second kappa shape index (κ2) is 6.76. The van der Waals surface area contributed by atoms with Gasteiger partial charge >= 0.3 is 0 Å². The summed E-state index contributed by atoms with van der Waals surface area (Å²) in [5.74, 6) is 0.995. The van der Waals surface area contributed by atoms with E-state index in [4.69, 9.17) is 0 Å². The van der Waals surface area contributed by atoms with E-state index >= 15 is 0 Å². The zero-order chi connectivity index (χ0) is 17.2. The first kappa shape index (κ1) is 16.0. The van der Waals surface area contributed by atoms with E-state index in [0.717, 1.165) is 48.5 Å². The van der Waals surface area contributed by atoms with Gasteiger partial charge in [-0.1, -0.05) is 25.1 Å². The zero-order valence-corrected chi connectivity index (χ0v) is 14.3. The molecule has 1 saturated heterocycles. The van der Waals surface area contributed by atoms with Crippen molar-refractivity contribution in [3.8, 4) is 5.75 Å². The van der Waals surface area contributed by atoms with Gasteiger partial charge in [0.05, 0.1) is 11.7 Å². The Morgan fingerprint density at radius 1 is 1.08 bits per heavy atom. The molecule has 0 bridgehead atoms. The molecule has 128 valence electrons. The van der Waals surface area contributed by atoms with Crippen molar-refractivity contribution in [1.29, 1.82) is 0 Å². The summed E-state index contributed by atoms with van der Waals surface area (Å²) in [5.41, 5.74) is 2.42. The minimum atomic E-state index is -0.0816. The molecule has 4 rings (SSSR count). The lowest BCUT2D eigenvalue weighted by molar-refractivity contribution is 0.154. The molecule has 3 aromatic rings. The third-order valence-electron chi connectivity index (χ3n) is 5.14. The number of rotatable bonds is 3. The molecule has 1 aliphatic heterocycles. The Bertz CT molecular complexity index is 860. The van der Waals surface area contributed by atoms with Crippen LogP contribution >= 0.6 is 0 Å². The van der Waals surface area contributed by atoms with Gasteiger partial charge in [-0.3, -0.25) is 9.88 Å². The lowest BCUT2D eigenvalue weighted by Gasteiger charge is -2.36. The standard InChI is InChI=1S/C20H22N4O/c1-14-7-11-24(12-8-14)19(17-6-10-21-13-23-17)16-5-4-15-3-2-9-22-18(15)20(16)25/h2-6,9-10,13-14,19,25H,7-8,11-12H2,1H3. The van der Waals surface area contributed by atoms with Crippen LogP contribution in [0.3, 0.4) is 0 Å². The Balaban J connectivity index is 1.82. The van der Waals surface area contributed by atoms with E-state index in [-0.39, 0.29) is 11.8 Å². The molecule has 1 fully saturated rings. The van der Waals surface area contributed by atoms with Gasteiger partial charge in [0, 0.05) is 23.3 Å². The molecule has 0 spiro atoms. The van der Waals surface area contributed by atoms with Crippen molar-refractivity contribution >= 4 is 10.9 Å². The largest absolute Gasteiger partial charge is 0.505 e. The number of likely N-dealkylation sites (tertiary alicyclic amines) is 1. The van der Waals surface area contributed by atoms with E-state index in [2.05, 4.69) is 26.8 Å². The van der Waals surface area contributed by atoms with Crippen LogP contribution in [0.1, 0.15) is 37.1 Å². The van der Waals surface area contributed by atoms with Crippen molar-refractivity contribution < 1.29 is 5.11 Å². The number of aromatic nitrogens is 3. The number of pyridine rings is 1. The number of piperidine rings is 1. The number of fused-ring (bicyclic) bond motifs is 1. The number of nitrogens with zero attached hydrogens (tertiary/aromatic N) is 4. The molecule has 1 N–H and O–H groups in total. The van der Waals surface area contributed by atoms with Gasteiger partial charge in [-0.25, -0.2) is 9.97 Å². The average Bonchev–Trinajstić information content (AvgIpc) is 2.66. The maximum Gasteiger partial charge on any atom is 0.146 e. The van der Waals surface area contributed by atoms with Gasteiger partial charge in [0.25, 0.3) is 0 Å². The lowest BCUT2D eigenvalue weighted by Crippen LogP contribution is -2.37. The number of benzene rings is 1. The highest BCUT2D eigenvalue weighted by molar-refractivity contribution is 5.85. The second-order valence-electron chi connectivity index (χ2n) is 6.83. The van der Waals surface area contributed by atoms with E-state index < -0.39 is 0 Å². The molecule has 2 aromatic heterocycles. The Labute approximate surface area is 147 Å². The summed E-state index contributed by atoms with van der Waals surface area (Å²) in [6.45, 7) is 4.29. The van der Waals surface area contributed by atoms with Crippen LogP contribution in [0, 0.1) is 5.92 Å². The van der Waals surface area contributed by atoms with Crippen molar-refractivity contribution in [1.82, 2.24) is 19.9 Å². The Hall–Kier alpha value is -2.53. The molecular weight excluding hydrogens is 312 g/mol. The fraction of sp³-hybridized carbons (Fsp3) is 0.350. The maximum absolute atomic E-state index is 10.9. The summed E-state index contributed by atoms with van der Waals surface area (Å²) < 4.78 is 0. The number of aromatic hydroxyl groups is 1. The molecule has 0 saturated carbocycles. The van der Waals surface area contributed by atoms with Gasteiger partial charge in [0.2, 0.25) is 0 Å². The second-order valence-corrected chi connectivity index (χ2v) is 6.83. The summed E-state index contributed by atoms with van der Waals surface area (Å²) in [4.78, 5) is 15.3. The SMILES string of the molecule is CC1CCN(C(c2ccncn2)c2ccc3cccnc3c2O)CC1. The normalized spacial score (nSPS) is 17.6. The first-order valence-corrected chi connectivity index (χ1v) is 8.80. The van der Waals surface area contributed by atoms with Crippen LogP contribution in [0.5, 0.6) is 5.75 Å². The third-order valence-corrected chi connectivity index (χ3v) is 5.14. The molecule has 0 aliphatic carbocycles.